The molecule has 5 heteroatoms. The number of carbonyl (C=O) groups excluding carboxylic acids is 2. The topological polar surface area (TPSA) is 58.6 Å². The molecule has 3 aromatic carbocycles. The first-order valence-electron chi connectivity index (χ1n) is 10.1. The minimum atomic E-state index is -0.759. The minimum absolute atomic E-state index is 0.146. The summed E-state index contributed by atoms with van der Waals surface area (Å²) in [5.41, 5.74) is 3.51. The van der Waals surface area contributed by atoms with Gasteiger partial charge in [-0.1, -0.05) is 60.2 Å². The molecule has 1 atom stereocenters. The first-order chi connectivity index (χ1) is 14.6. The second-order valence-corrected chi connectivity index (χ2v) is 7.38. The monoisotopic (exact) mass is 400 g/mol. The Morgan fingerprint density at radius 3 is 2.43 bits per heavy atom. The van der Waals surface area contributed by atoms with Crippen molar-refractivity contribution in [2.24, 2.45) is 0 Å². The van der Waals surface area contributed by atoms with Gasteiger partial charge in [-0.3, -0.25) is 9.59 Å². The van der Waals surface area contributed by atoms with Crippen LogP contribution in [0.25, 0.3) is 0 Å². The lowest BCUT2D eigenvalue weighted by Crippen LogP contribution is -2.51. The fraction of sp³-hybridized carbons (Fsp3) is 0.200. The first-order valence-corrected chi connectivity index (χ1v) is 10.1. The number of amides is 2. The second-order valence-electron chi connectivity index (χ2n) is 7.38. The molecule has 0 fully saturated rings. The summed E-state index contributed by atoms with van der Waals surface area (Å²) >= 11 is 0. The molecule has 0 radical (unpaired) electrons. The van der Waals surface area contributed by atoms with E-state index in [1.807, 2.05) is 79.7 Å². The van der Waals surface area contributed by atoms with Crippen LogP contribution in [-0.4, -0.2) is 31.0 Å². The van der Waals surface area contributed by atoms with Gasteiger partial charge in [-0.15, -0.1) is 0 Å². The molecule has 0 unspecified atom stereocenters. The quantitative estimate of drug-likeness (QED) is 0.709. The van der Waals surface area contributed by atoms with Gasteiger partial charge in [-0.25, -0.2) is 0 Å². The standard InChI is InChI=1S/C25H24N2O3/c1-18-11-13-20(14-12-18)25(29)27-17-23(30-22-10-6-5-9-21(22)27)24(28)26-16-15-19-7-3-2-4-8-19/h2-14,23H,15-17H2,1H3,(H,26,28)/t23-/m0/s1. The van der Waals surface area contributed by atoms with E-state index < -0.39 is 6.10 Å². The molecule has 1 N–H and O–H groups in total. The van der Waals surface area contributed by atoms with E-state index in [2.05, 4.69) is 5.32 Å². The summed E-state index contributed by atoms with van der Waals surface area (Å²) in [6, 6.07) is 24.7. The van der Waals surface area contributed by atoms with Crippen molar-refractivity contribution in [2.75, 3.05) is 18.0 Å². The average molecular weight is 400 g/mol. The molecular weight excluding hydrogens is 376 g/mol. The highest BCUT2D eigenvalue weighted by Gasteiger charge is 2.34. The number of anilines is 1. The number of rotatable bonds is 5. The number of benzene rings is 3. The maximum atomic E-state index is 13.2. The zero-order valence-electron chi connectivity index (χ0n) is 16.9. The number of nitrogens with one attached hydrogen (secondary N) is 1. The van der Waals surface area contributed by atoms with Crippen molar-refractivity contribution < 1.29 is 14.3 Å². The van der Waals surface area contributed by atoms with E-state index in [4.69, 9.17) is 4.74 Å². The van der Waals surface area contributed by atoms with E-state index >= 15 is 0 Å². The Morgan fingerprint density at radius 1 is 0.967 bits per heavy atom. The Balaban J connectivity index is 1.48. The molecule has 0 saturated carbocycles. The fourth-order valence-corrected chi connectivity index (χ4v) is 3.50. The Hall–Kier alpha value is -3.60. The molecule has 1 aliphatic heterocycles. The van der Waals surface area contributed by atoms with Crippen LogP contribution in [0, 0.1) is 6.92 Å². The third-order valence-corrected chi connectivity index (χ3v) is 5.17. The van der Waals surface area contributed by atoms with Gasteiger partial charge in [0.05, 0.1) is 12.2 Å². The second kappa shape index (κ2) is 8.82. The van der Waals surface area contributed by atoms with E-state index in [-0.39, 0.29) is 18.4 Å². The number of hydrogen-bond acceptors (Lipinski definition) is 3. The molecule has 30 heavy (non-hydrogen) atoms. The molecule has 1 heterocycles. The summed E-state index contributed by atoms with van der Waals surface area (Å²) in [7, 11) is 0. The Bertz CT molecular complexity index is 1030. The fourth-order valence-electron chi connectivity index (χ4n) is 3.50. The van der Waals surface area contributed by atoms with Gasteiger partial charge < -0.3 is 15.0 Å². The van der Waals surface area contributed by atoms with Gasteiger partial charge in [-0.2, -0.15) is 0 Å². The molecule has 0 aliphatic carbocycles. The molecule has 1 aliphatic rings. The number of fused-ring (bicyclic) bond motifs is 1. The molecule has 0 saturated heterocycles. The summed E-state index contributed by atoms with van der Waals surface area (Å²) in [6.45, 7) is 2.66. The zero-order chi connectivity index (χ0) is 20.9. The summed E-state index contributed by atoms with van der Waals surface area (Å²) in [5.74, 6) is 0.169. The molecule has 0 aromatic heterocycles. The van der Waals surface area contributed by atoms with E-state index in [0.717, 1.165) is 17.5 Å². The van der Waals surface area contributed by atoms with Crippen molar-refractivity contribution in [1.82, 2.24) is 5.32 Å². The third kappa shape index (κ3) is 4.35. The van der Waals surface area contributed by atoms with E-state index in [9.17, 15) is 9.59 Å². The van der Waals surface area contributed by atoms with Crippen molar-refractivity contribution >= 4 is 17.5 Å². The van der Waals surface area contributed by atoms with Gasteiger partial charge in [-0.05, 0) is 43.2 Å². The van der Waals surface area contributed by atoms with Gasteiger partial charge in [0.25, 0.3) is 11.8 Å². The lowest BCUT2D eigenvalue weighted by atomic mass is 10.1. The van der Waals surface area contributed by atoms with Crippen LogP contribution in [0.4, 0.5) is 5.69 Å². The van der Waals surface area contributed by atoms with Crippen LogP contribution >= 0.6 is 0 Å². The number of ether oxygens (including phenoxy) is 1. The van der Waals surface area contributed by atoms with Crippen LogP contribution in [0.2, 0.25) is 0 Å². The zero-order valence-corrected chi connectivity index (χ0v) is 16.9. The summed E-state index contributed by atoms with van der Waals surface area (Å²) in [4.78, 5) is 27.6. The number of para-hydroxylation sites is 2. The van der Waals surface area contributed by atoms with Gasteiger partial charge in [0.15, 0.2) is 6.10 Å². The highest BCUT2D eigenvalue weighted by molar-refractivity contribution is 6.07. The maximum Gasteiger partial charge on any atom is 0.262 e. The summed E-state index contributed by atoms with van der Waals surface area (Å²) in [5, 5.41) is 2.94. The molecule has 5 nitrogen and oxygen atoms in total. The van der Waals surface area contributed by atoms with Crippen LogP contribution < -0.4 is 15.0 Å². The molecular formula is C25H24N2O3. The number of nitrogens with zero attached hydrogens (tertiary/aromatic N) is 1. The molecule has 4 rings (SSSR count). The molecule has 0 bridgehead atoms. The van der Waals surface area contributed by atoms with E-state index in [1.54, 1.807) is 11.0 Å². The minimum Gasteiger partial charge on any atom is -0.477 e. The lowest BCUT2D eigenvalue weighted by Gasteiger charge is -2.34. The predicted molar refractivity (Wildman–Crippen MR) is 117 cm³/mol. The van der Waals surface area contributed by atoms with Gasteiger partial charge >= 0.3 is 0 Å². The SMILES string of the molecule is Cc1ccc(C(=O)N2C[C@@H](C(=O)NCCc3ccccc3)Oc3ccccc32)cc1. The Labute approximate surface area is 176 Å². The van der Waals surface area contributed by atoms with Crippen molar-refractivity contribution in [1.29, 1.82) is 0 Å². The van der Waals surface area contributed by atoms with Gasteiger partial charge in [0.1, 0.15) is 5.75 Å². The van der Waals surface area contributed by atoms with Crippen molar-refractivity contribution in [3.63, 3.8) is 0 Å². The summed E-state index contributed by atoms with van der Waals surface area (Å²) < 4.78 is 5.93. The number of hydrogen-bond donors (Lipinski definition) is 1. The Kier molecular flexibility index (Phi) is 5.80. The van der Waals surface area contributed by atoms with Crippen molar-refractivity contribution in [3.8, 4) is 5.75 Å². The third-order valence-electron chi connectivity index (χ3n) is 5.17. The van der Waals surface area contributed by atoms with Gasteiger partial charge in [0.2, 0.25) is 0 Å². The van der Waals surface area contributed by atoms with E-state index in [1.165, 1.54) is 0 Å². The van der Waals surface area contributed by atoms with Crippen LogP contribution in [0.1, 0.15) is 21.5 Å². The number of aryl methyl sites for hydroxylation is 1. The van der Waals surface area contributed by atoms with Crippen LogP contribution in [0.15, 0.2) is 78.9 Å². The number of carbonyl (C=O) groups is 2. The lowest BCUT2D eigenvalue weighted by molar-refractivity contribution is -0.127. The Morgan fingerprint density at radius 2 is 1.67 bits per heavy atom. The highest BCUT2D eigenvalue weighted by atomic mass is 16.5. The van der Waals surface area contributed by atoms with Crippen molar-refractivity contribution in [2.45, 2.75) is 19.4 Å². The largest absolute Gasteiger partial charge is 0.477 e. The predicted octanol–water partition coefficient (Wildman–Crippen LogP) is 3.76. The smallest absolute Gasteiger partial charge is 0.262 e. The van der Waals surface area contributed by atoms with Crippen LogP contribution in [0.5, 0.6) is 5.75 Å². The van der Waals surface area contributed by atoms with E-state index in [0.29, 0.717) is 23.5 Å². The molecule has 0 spiro atoms. The average Bonchev–Trinajstić information content (AvgIpc) is 2.79. The molecule has 3 aromatic rings. The van der Waals surface area contributed by atoms with Crippen LogP contribution in [0.3, 0.4) is 0 Å². The summed E-state index contributed by atoms with van der Waals surface area (Å²) in [6.07, 6.45) is -0.0212. The molecule has 2 amide bonds. The normalized spacial score (nSPS) is 15.1. The maximum absolute atomic E-state index is 13.2. The highest BCUT2D eigenvalue weighted by Crippen LogP contribution is 2.34. The first kappa shape index (κ1) is 19.7. The van der Waals surface area contributed by atoms with Crippen molar-refractivity contribution in [3.05, 3.63) is 95.6 Å². The van der Waals surface area contributed by atoms with Gasteiger partial charge in [0, 0.05) is 12.1 Å². The van der Waals surface area contributed by atoms with Crippen LogP contribution in [-0.2, 0) is 11.2 Å². The molecule has 152 valence electrons.